The molecule has 1 fully saturated rings. The number of hydrogen-bond donors (Lipinski definition) is 2. The van der Waals surface area contributed by atoms with E-state index in [2.05, 4.69) is 4.90 Å². The Morgan fingerprint density at radius 2 is 2.11 bits per heavy atom. The van der Waals surface area contributed by atoms with Crippen LogP contribution < -0.4 is 0 Å². The summed E-state index contributed by atoms with van der Waals surface area (Å²) in [5.74, 6) is -0.783. The molecule has 2 unspecified atom stereocenters. The number of aliphatic carboxylic acids is 1. The van der Waals surface area contributed by atoms with E-state index in [0.717, 1.165) is 24.9 Å². The second kappa shape index (κ2) is 5.98. The lowest BCUT2D eigenvalue weighted by atomic mass is 10.0. The molecule has 1 aromatic carbocycles. The number of likely N-dealkylation sites (tertiary alicyclic amines) is 1. The molecule has 1 aliphatic heterocycles. The van der Waals surface area contributed by atoms with Gasteiger partial charge >= 0.3 is 5.97 Å². The van der Waals surface area contributed by atoms with Crippen molar-refractivity contribution in [2.24, 2.45) is 0 Å². The fourth-order valence-corrected chi connectivity index (χ4v) is 2.60. The Labute approximate surface area is 107 Å². The van der Waals surface area contributed by atoms with Crippen molar-refractivity contribution in [3.8, 4) is 0 Å². The first-order chi connectivity index (χ1) is 8.68. The van der Waals surface area contributed by atoms with E-state index >= 15 is 0 Å². The fourth-order valence-electron chi connectivity index (χ4n) is 2.60. The highest BCUT2D eigenvalue weighted by Crippen LogP contribution is 2.29. The summed E-state index contributed by atoms with van der Waals surface area (Å²) >= 11 is 0. The minimum Gasteiger partial charge on any atom is -0.481 e. The van der Waals surface area contributed by atoms with Crippen LogP contribution in [0.5, 0.6) is 0 Å². The Kier molecular flexibility index (Phi) is 4.33. The van der Waals surface area contributed by atoms with Crippen molar-refractivity contribution in [3.05, 3.63) is 35.9 Å². The number of aliphatic hydroxyl groups is 1. The monoisotopic (exact) mass is 249 g/mol. The van der Waals surface area contributed by atoms with E-state index in [4.69, 9.17) is 5.11 Å². The molecule has 4 heteroatoms. The van der Waals surface area contributed by atoms with Gasteiger partial charge in [0.05, 0.1) is 12.5 Å². The zero-order valence-electron chi connectivity index (χ0n) is 10.3. The molecule has 2 rings (SSSR count). The van der Waals surface area contributed by atoms with Gasteiger partial charge in [0.15, 0.2) is 0 Å². The second-order valence-corrected chi connectivity index (χ2v) is 4.74. The van der Waals surface area contributed by atoms with Crippen molar-refractivity contribution in [2.75, 3.05) is 13.1 Å². The summed E-state index contributed by atoms with van der Waals surface area (Å²) in [6, 6.07) is 9.63. The maximum absolute atomic E-state index is 10.6. The van der Waals surface area contributed by atoms with Crippen LogP contribution >= 0.6 is 0 Å². The Bertz CT molecular complexity index is 393. The first-order valence-electron chi connectivity index (χ1n) is 6.37. The van der Waals surface area contributed by atoms with Gasteiger partial charge in [-0.2, -0.15) is 0 Å². The standard InChI is InChI=1S/C14H19NO3/c16-13(17)8-10-15-9-4-7-12(15)14(18)11-5-2-1-3-6-11/h1-3,5-6,12,14,18H,4,7-10H2,(H,16,17). The van der Waals surface area contributed by atoms with Gasteiger partial charge in [-0.3, -0.25) is 9.69 Å². The molecular formula is C14H19NO3. The quantitative estimate of drug-likeness (QED) is 0.833. The molecule has 18 heavy (non-hydrogen) atoms. The van der Waals surface area contributed by atoms with Crippen LogP contribution in [0.1, 0.15) is 30.9 Å². The zero-order chi connectivity index (χ0) is 13.0. The minimum atomic E-state index is -0.783. The van der Waals surface area contributed by atoms with Crippen LogP contribution in [0.3, 0.4) is 0 Å². The summed E-state index contributed by atoms with van der Waals surface area (Å²) in [5.41, 5.74) is 0.907. The highest BCUT2D eigenvalue weighted by molar-refractivity contribution is 5.66. The SMILES string of the molecule is O=C(O)CCN1CCCC1C(O)c1ccccc1. The highest BCUT2D eigenvalue weighted by Gasteiger charge is 2.31. The van der Waals surface area contributed by atoms with Crippen LogP contribution in [0, 0.1) is 0 Å². The van der Waals surface area contributed by atoms with Crippen molar-refractivity contribution < 1.29 is 15.0 Å². The van der Waals surface area contributed by atoms with Gasteiger partial charge in [0.2, 0.25) is 0 Å². The lowest BCUT2D eigenvalue weighted by Gasteiger charge is -2.28. The van der Waals surface area contributed by atoms with E-state index in [0.29, 0.717) is 6.54 Å². The highest BCUT2D eigenvalue weighted by atomic mass is 16.4. The molecule has 0 aromatic heterocycles. The van der Waals surface area contributed by atoms with Crippen LogP contribution in [-0.4, -0.2) is 40.2 Å². The van der Waals surface area contributed by atoms with Crippen molar-refractivity contribution >= 4 is 5.97 Å². The molecule has 0 spiro atoms. The molecule has 1 heterocycles. The van der Waals surface area contributed by atoms with Crippen molar-refractivity contribution in [3.63, 3.8) is 0 Å². The largest absolute Gasteiger partial charge is 0.481 e. The lowest BCUT2D eigenvalue weighted by molar-refractivity contribution is -0.137. The number of carboxylic acids is 1. The molecule has 1 saturated heterocycles. The molecule has 2 atom stereocenters. The predicted molar refractivity (Wildman–Crippen MR) is 68.2 cm³/mol. The maximum atomic E-state index is 10.6. The average molecular weight is 249 g/mol. The maximum Gasteiger partial charge on any atom is 0.304 e. The number of benzene rings is 1. The van der Waals surface area contributed by atoms with Gasteiger partial charge in [-0.1, -0.05) is 30.3 Å². The zero-order valence-corrected chi connectivity index (χ0v) is 10.3. The minimum absolute atomic E-state index is 0.0479. The van der Waals surface area contributed by atoms with Crippen molar-refractivity contribution in [1.82, 2.24) is 4.90 Å². The summed E-state index contributed by atoms with van der Waals surface area (Å²) in [4.78, 5) is 12.7. The smallest absolute Gasteiger partial charge is 0.304 e. The molecule has 0 radical (unpaired) electrons. The Morgan fingerprint density at radius 3 is 2.78 bits per heavy atom. The van der Waals surface area contributed by atoms with Gasteiger partial charge in [-0.15, -0.1) is 0 Å². The third-order valence-electron chi connectivity index (χ3n) is 3.53. The Morgan fingerprint density at radius 1 is 1.39 bits per heavy atom. The summed E-state index contributed by atoms with van der Waals surface area (Å²) in [7, 11) is 0. The second-order valence-electron chi connectivity index (χ2n) is 4.74. The third-order valence-corrected chi connectivity index (χ3v) is 3.53. The van der Waals surface area contributed by atoms with E-state index in [-0.39, 0.29) is 12.5 Å². The summed E-state index contributed by atoms with van der Waals surface area (Å²) in [6.07, 6.45) is 1.56. The van der Waals surface area contributed by atoms with E-state index in [1.807, 2.05) is 30.3 Å². The number of rotatable bonds is 5. The molecule has 0 bridgehead atoms. The number of aliphatic hydroxyl groups excluding tert-OH is 1. The van der Waals surface area contributed by atoms with E-state index in [9.17, 15) is 9.90 Å². The molecule has 2 N–H and O–H groups in total. The molecule has 98 valence electrons. The first kappa shape index (κ1) is 13.1. The third kappa shape index (κ3) is 3.09. The summed E-state index contributed by atoms with van der Waals surface area (Å²) in [6.45, 7) is 1.39. The summed E-state index contributed by atoms with van der Waals surface area (Å²) in [5, 5.41) is 19.1. The van der Waals surface area contributed by atoms with Gasteiger partial charge < -0.3 is 10.2 Å². The van der Waals surface area contributed by atoms with Crippen LogP contribution in [0.25, 0.3) is 0 Å². The number of carboxylic acid groups (broad SMARTS) is 1. The molecule has 1 aromatic rings. The predicted octanol–water partition coefficient (Wildman–Crippen LogP) is 1.66. The van der Waals surface area contributed by atoms with Crippen LogP contribution in [0.15, 0.2) is 30.3 Å². The van der Waals surface area contributed by atoms with Gasteiger partial charge in [0, 0.05) is 12.6 Å². The van der Waals surface area contributed by atoms with E-state index in [1.165, 1.54) is 0 Å². The first-order valence-corrected chi connectivity index (χ1v) is 6.37. The molecule has 0 aliphatic carbocycles. The van der Waals surface area contributed by atoms with Gasteiger partial charge in [-0.25, -0.2) is 0 Å². The van der Waals surface area contributed by atoms with Gasteiger partial charge in [0.1, 0.15) is 0 Å². The Balaban J connectivity index is 2.00. The van der Waals surface area contributed by atoms with Crippen LogP contribution in [-0.2, 0) is 4.79 Å². The van der Waals surface area contributed by atoms with Crippen LogP contribution in [0.2, 0.25) is 0 Å². The molecule has 4 nitrogen and oxygen atoms in total. The number of nitrogens with zero attached hydrogens (tertiary/aromatic N) is 1. The molecule has 0 amide bonds. The van der Waals surface area contributed by atoms with Crippen molar-refractivity contribution in [1.29, 1.82) is 0 Å². The van der Waals surface area contributed by atoms with Crippen molar-refractivity contribution in [2.45, 2.75) is 31.4 Å². The van der Waals surface area contributed by atoms with E-state index < -0.39 is 12.1 Å². The molecular weight excluding hydrogens is 230 g/mol. The Hall–Kier alpha value is -1.39. The van der Waals surface area contributed by atoms with Crippen LogP contribution in [0.4, 0.5) is 0 Å². The molecule has 0 saturated carbocycles. The topological polar surface area (TPSA) is 60.8 Å². The van der Waals surface area contributed by atoms with E-state index in [1.54, 1.807) is 0 Å². The van der Waals surface area contributed by atoms with Gasteiger partial charge in [0.25, 0.3) is 0 Å². The number of hydrogen-bond acceptors (Lipinski definition) is 3. The summed E-state index contributed by atoms with van der Waals surface area (Å²) < 4.78 is 0. The normalized spacial score (nSPS) is 21.9. The molecule has 1 aliphatic rings. The lowest BCUT2D eigenvalue weighted by Crippen LogP contribution is -2.36. The van der Waals surface area contributed by atoms with Gasteiger partial charge in [-0.05, 0) is 24.9 Å². The average Bonchev–Trinajstić information content (AvgIpc) is 2.85. The number of carbonyl (C=O) groups is 1. The fraction of sp³-hybridized carbons (Fsp3) is 0.500.